The number of rotatable bonds is 10. The van der Waals surface area contributed by atoms with Gasteiger partial charge < -0.3 is 49.0 Å². The average Bonchev–Trinajstić information content (AvgIpc) is 4.10. The number of aromatic amines is 2. The van der Waals surface area contributed by atoms with Gasteiger partial charge in [0.1, 0.15) is 40.8 Å². The van der Waals surface area contributed by atoms with Crippen LogP contribution in [-0.4, -0.2) is 99.7 Å². The molecule has 8 rings (SSSR count). The maximum atomic E-state index is 13.7. The van der Waals surface area contributed by atoms with Gasteiger partial charge in [-0.1, -0.05) is 33.8 Å². The number of aromatic nitrogens is 4. The lowest BCUT2D eigenvalue weighted by Gasteiger charge is -2.30. The van der Waals surface area contributed by atoms with Gasteiger partial charge in [0.05, 0.1) is 62.3 Å². The van der Waals surface area contributed by atoms with Crippen molar-refractivity contribution in [1.82, 2.24) is 40.4 Å². The molecule has 6 heterocycles. The second-order valence-corrected chi connectivity index (χ2v) is 16.4. The van der Waals surface area contributed by atoms with Crippen LogP contribution >= 0.6 is 0 Å². The number of likely N-dealkylation sites (tertiary alicyclic amines) is 2. The molecule has 3 aliphatic rings. The minimum Gasteiger partial charge on any atom is -0.492 e. The molecule has 0 saturated carbocycles. The third-order valence-corrected chi connectivity index (χ3v) is 11.9. The number of hydrogen-bond donors (Lipinski definition) is 4. The summed E-state index contributed by atoms with van der Waals surface area (Å²) in [5, 5.41) is 6.39. The summed E-state index contributed by atoms with van der Waals surface area (Å²) in [6.07, 6.45) is 6.12. The van der Waals surface area contributed by atoms with Crippen molar-refractivity contribution in [3.05, 3.63) is 66.0 Å². The number of methoxy groups -OCH3 is 2. The molecule has 4 N–H and O–H groups in total. The highest BCUT2D eigenvalue weighted by molar-refractivity contribution is 5.93. The molecule has 3 aliphatic heterocycles. The van der Waals surface area contributed by atoms with Gasteiger partial charge in [-0.25, -0.2) is 19.6 Å². The Bertz CT molecular complexity index is 2410. The van der Waals surface area contributed by atoms with Crippen molar-refractivity contribution in [2.75, 3.05) is 33.9 Å². The topological polar surface area (TPSA) is 197 Å². The summed E-state index contributed by atoms with van der Waals surface area (Å²) in [4.78, 5) is 71.4. The van der Waals surface area contributed by atoms with Gasteiger partial charge in [-0.2, -0.15) is 0 Å². The van der Waals surface area contributed by atoms with Gasteiger partial charge in [-0.3, -0.25) is 9.59 Å². The zero-order valence-electron chi connectivity index (χ0n) is 34.8. The number of nitrogens with zero attached hydrogens (tertiary/aromatic N) is 4. The molecule has 0 unspecified atom stereocenters. The number of amides is 4. The average molecular weight is 821 g/mol. The van der Waals surface area contributed by atoms with E-state index in [0.29, 0.717) is 43.5 Å². The smallest absolute Gasteiger partial charge is 0.407 e. The molecule has 4 atom stereocenters. The molecule has 16 heteroatoms. The predicted molar refractivity (Wildman–Crippen MR) is 222 cm³/mol. The predicted octanol–water partition coefficient (Wildman–Crippen LogP) is 6.90. The highest BCUT2D eigenvalue weighted by Crippen LogP contribution is 2.44. The number of furan rings is 1. The van der Waals surface area contributed by atoms with Gasteiger partial charge in [0, 0.05) is 41.6 Å². The van der Waals surface area contributed by atoms with Crippen LogP contribution in [0.5, 0.6) is 5.75 Å². The van der Waals surface area contributed by atoms with E-state index in [1.807, 2.05) is 58.0 Å². The van der Waals surface area contributed by atoms with E-state index in [2.05, 4.69) is 26.7 Å². The fraction of sp³-hybridized carbons (Fsp3) is 0.455. The van der Waals surface area contributed by atoms with Crippen molar-refractivity contribution in [3.8, 4) is 39.6 Å². The molecule has 5 aromatic rings. The van der Waals surface area contributed by atoms with E-state index in [-0.39, 0.29) is 35.7 Å². The molecular weight excluding hydrogens is 769 g/mol. The number of H-pyrrole nitrogens is 2. The lowest BCUT2D eigenvalue weighted by Crippen LogP contribution is -2.51. The third kappa shape index (κ3) is 7.66. The SMILES string of the molecule is COC(=O)N[C@H](C(=O)N1CCC[C@H]1c1ncc(-c2ccc3c(c2)OCCc2c-3oc3ccc(-c4cnc([C@@H]5CCCN5C(=O)[C@@H](NC(=O)OC)C(C)C)[nH]4)cc23)[nH]1)C(C)C. The fourth-order valence-corrected chi connectivity index (χ4v) is 8.73. The number of ether oxygens (including phenoxy) is 3. The van der Waals surface area contributed by atoms with E-state index in [9.17, 15) is 19.2 Å². The second-order valence-electron chi connectivity index (χ2n) is 16.4. The van der Waals surface area contributed by atoms with E-state index in [1.54, 1.807) is 22.2 Å². The van der Waals surface area contributed by atoms with Crippen LogP contribution in [-0.2, 0) is 25.5 Å². The Kier molecular flexibility index (Phi) is 11.3. The second kappa shape index (κ2) is 16.7. The highest BCUT2D eigenvalue weighted by Gasteiger charge is 2.39. The van der Waals surface area contributed by atoms with Crippen molar-refractivity contribution in [3.63, 3.8) is 0 Å². The van der Waals surface area contributed by atoms with Gasteiger partial charge in [0.2, 0.25) is 11.8 Å². The first kappa shape index (κ1) is 40.5. The molecule has 0 spiro atoms. The van der Waals surface area contributed by atoms with E-state index in [1.165, 1.54) is 14.2 Å². The zero-order valence-corrected chi connectivity index (χ0v) is 34.8. The Morgan fingerprint density at radius 2 is 1.30 bits per heavy atom. The van der Waals surface area contributed by atoms with Crippen LogP contribution in [0, 0.1) is 11.8 Å². The first-order valence-corrected chi connectivity index (χ1v) is 20.7. The molecule has 2 aromatic carbocycles. The minimum absolute atomic E-state index is 0.123. The molecule has 16 nitrogen and oxygen atoms in total. The van der Waals surface area contributed by atoms with Crippen LogP contribution in [0.15, 0.2) is 53.2 Å². The third-order valence-electron chi connectivity index (χ3n) is 11.9. The van der Waals surface area contributed by atoms with Gasteiger partial charge in [0.15, 0.2) is 0 Å². The van der Waals surface area contributed by atoms with Crippen LogP contribution in [0.25, 0.3) is 44.8 Å². The number of carbonyl (C=O) groups excluding carboxylic acids is 4. The Hall–Kier alpha value is -6.32. The Morgan fingerprint density at radius 1 is 0.767 bits per heavy atom. The van der Waals surface area contributed by atoms with E-state index < -0.39 is 24.3 Å². The van der Waals surface area contributed by atoms with Gasteiger partial charge >= 0.3 is 12.2 Å². The molecule has 0 radical (unpaired) electrons. The van der Waals surface area contributed by atoms with E-state index >= 15 is 0 Å². The Labute approximate surface area is 347 Å². The van der Waals surface area contributed by atoms with Gasteiger partial charge in [-0.05, 0) is 67.9 Å². The summed E-state index contributed by atoms with van der Waals surface area (Å²) >= 11 is 0. The fourth-order valence-electron chi connectivity index (χ4n) is 8.73. The van der Waals surface area contributed by atoms with Crippen LogP contribution in [0.2, 0.25) is 0 Å². The van der Waals surface area contributed by atoms with Crippen LogP contribution in [0.1, 0.15) is 82.7 Å². The first-order valence-electron chi connectivity index (χ1n) is 20.7. The number of hydrogen-bond acceptors (Lipinski definition) is 10. The van der Waals surface area contributed by atoms with Crippen LogP contribution < -0.4 is 15.4 Å². The van der Waals surface area contributed by atoms with Crippen molar-refractivity contribution < 1.29 is 37.8 Å². The zero-order chi connectivity index (χ0) is 42.2. The molecule has 316 valence electrons. The largest absolute Gasteiger partial charge is 0.492 e. The summed E-state index contributed by atoms with van der Waals surface area (Å²) in [7, 11) is 2.57. The molecule has 4 amide bonds. The summed E-state index contributed by atoms with van der Waals surface area (Å²) in [6, 6.07) is 10.2. The quantitative estimate of drug-likeness (QED) is 0.115. The number of benzene rings is 2. The van der Waals surface area contributed by atoms with Crippen molar-refractivity contribution in [2.45, 2.75) is 84.0 Å². The van der Waals surface area contributed by atoms with Crippen molar-refractivity contribution in [2.24, 2.45) is 11.8 Å². The number of imidazole rings is 2. The van der Waals surface area contributed by atoms with Crippen molar-refractivity contribution >= 4 is 35.0 Å². The highest BCUT2D eigenvalue weighted by atomic mass is 16.5. The maximum absolute atomic E-state index is 13.7. The number of nitrogens with one attached hydrogen (secondary N) is 4. The summed E-state index contributed by atoms with van der Waals surface area (Å²) in [5.41, 5.74) is 6.11. The first-order chi connectivity index (χ1) is 28.9. The number of fused-ring (bicyclic) bond motifs is 5. The van der Waals surface area contributed by atoms with E-state index in [4.69, 9.17) is 28.6 Å². The van der Waals surface area contributed by atoms with Crippen LogP contribution in [0.4, 0.5) is 9.59 Å². The standard InChI is InChI=1S/C44H52N8O8/c1-23(2)36(49-43(55)57-5)41(53)51-16-7-9-32(51)39-45-21-30(47-39)25-12-14-34-29(19-25)27-15-18-59-35-20-26(11-13-28(35)38(27)60-34)31-22-46-40(48-31)33-10-8-17-52(33)42(54)37(24(3)4)50-44(56)58-6/h11-14,19-24,32-33,36-37H,7-10,15-18H2,1-6H3,(H,45,47)(H,46,48)(H,49,55)(H,50,56)/t32-,33-,36-,37-/m0/s1. The molecule has 0 aliphatic carbocycles. The van der Waals surface area contributed by atoms with Gasteiger partial charge in [-0.15, -0.1) is 0 Å². The summed E-state index contributed by atoms with van der Waals surface area (Å²) < 4.78 is 22.4. The normalized spacial score (nSPS) is 18.5. The molecule has 2 saturated heterocycles. The molecule has 2 fully saturated rings. The number of alkyl carbamates (subject to hydrolysis) is 2. The van der Waals surface area contributed by atoms with Gasteiger partial charge in [0.25, 0.3) is 0 Å². The van der Waals surface area contributed by atoms with Crippen LogP contribution in [0.3, 0.4) is 0 Å². The lowest BCUT2D eigenvalue weighted by molar-refractivity contribution is -0.136. The van der Waals surface area contributed by atoms with Crippen molar-refractivity contribution in [1.29, 1.82) is 0 Å². The molecular formula is C44H52N8O8. The van der Waals surface area contributed by atoms with E-state index in [0.717, 1.165) is 76.1 Å². The maximum Gasteiger partial charge on any atom is 0.407 e. The summed E-state index contributed by atoms with van der Waals surface area (Å²) in [5.74, 6) is 2.29. The number of carbonyl (C=O) groups is 4. The Morgan fingerprint density at radius 3 is 1.83 bits per heavy atom. The molecule has 3 aromatic heterocycles. The lowest BCUT2D eigenvalue weighted by atomic mass is 10.0. The monoisotopic (exact) mass is 820 g/mol. The molecule has 0 bridgehead atoms. The summed E-state index contributed by atoms with van der Waals surface area (Å²) in [6.45, 7) is 9.19. The Balaban J connectivity index is 1.01. The minimum atomic E-state index is -0.711. The molecule has 60 heavy (non-hydrogen) atoms.